The number of carbonyl (C=O) groups excluding carboxylic acids is 2. The van der Waals surface area contributed by atoms with E-state index in [9.17, 15) is 33.0 Å². The second-order valence-corrected chi connectivity index (χ2v) is 13.1. The van der Waals surface area contributed by atoms with E-state index in [1.807, 2.05) is 24.0 Å². The summed E-state index contributed by atoms with van der Waals surface area (Å²) in [6, 6.07) is 8.60. The summed E-state index contributed by atoms with van der Waals surface area (Å²) in [4.78, 5) is 36.6. The molecule has 1 aromatic carbocycles. The second-order valence-electron chi connectivity index (χ2n) is 13.1. The molecule has 4 fully saturated rings. The van der Waals surface area contributed by atoms with Crippen molar-refractivity contribution in [2.75, 3.05) is 37.6 Å². The molecule has 0 radical (unpaired) electrons. The number of nitrogens with one attached hydrogen (secondary N) is 1. The van der Waals surface area contributed by atoms with E-state index in [1.54, 1.807) is 6.20 Å². The van der Waals surface area contributed by atoms with Crippen molar-refractivity contribution in [1.82, 2.24) is 20.1 Å². The third-order valence-corrected chi connectivity index (χ3v) is 10.1. The van der Waals surface area contributed by atoms with Gasteiger partial charge in [-0.25, -0.2) is 0 Å². The van der Waals surface area contributed by atoms with Gasteiger partial charge in [-0.15, -0.1) is 0 Å². The molecule has 3 atom stereocenters. The first-order chi connectivity index (χ1) is 20.8. The van der Waals surface area contributed by atoms with E-state index < -0.39 is 28.8 Å². The smallest absolute Gasteiger partial charge is 0.388 e. The third kappa shape index (κ3) is 6.16. The zero-order chi connectivity index (χ0) is 31.3. The number of halogens is 3. The number of aromatic nitrogens is 1. The van der Waals surface area contributed by atoms with Crippen molar-refractivity contribution in [2.24, 2.45) is 0 Å². The summed E-state index contributed by atoms with van der Waals surface area (Å²) in [5, 5.41) is 24.3. The number of nitrogens with zero attached hydrogens (tertiary/aromatic N) is 4. The van der Waals surface area contributed by atoms with Crippen LogP contribution < -0.4 is 10.2 Å². The minimum absolute atomic E-state index is 0.0364. The highest BCUT2D eigenvalue weighted by molar-refractivity contribution is 5.96. The average Bonchev–Trinajstić information content (AvgIpc) is 3.71. The Kier molecular flexibility index (Phi) is 8.13. The van der Waals surface area contributed by atoms with Crippen molar-refractivity contribution in [3.8, 4) is 0 Å². The summed E-state index contributed by atoms with van der Waals surface area (Å²) in [6.45, 7) is 4.34. The molecule has 4 aliphatic rings. The fourth-order valence-electron chi connectivity index (χ4n) is 7.66. The fourth-order valence-corrected chi connectivity index (χ4v) is 7.66. The van der Waals surface area contributed by atoms with Crippen LogP contribution in [0.15, 0.2) is 42.6 Å². The highest BCUT2D eigenvalue weighted by Crippen LogP contribution is 2.42. The van der Waals surface area contributed by atoms with Crippen LogP contribution in [0.1, 0.15) is 73.5 Å². The molecule has 3 saturated heterocycles. The number of benzene rings is 1. The Morgan fingerprint density at radius 3 is 2.41 bits per heavy atom. The number of alkyl halides is 3. The van der Waals surface area contributed by atoms with Gasteiger partial charge in [0.25, 0.3) is 5.91 Å². The van der Waals surface area contributed by atoms with E-state index in [1.165, 1.54) is 12.1 Å². The van der Waals surface area contributed by atoms with Crippen LogP contribution >= 0.6 is 0 Å². The number of rotatable bonds is 6. The molecule has 238 valence electrons. The van der Waals surface area contributed by atoms with Gasteiger partial charge in [-0.05, 0) is 82.2 Å². The lowest BCUT2D eigenvalue weighted by Gasteiger charge is -2.41. The summed E-state index contributed by atoms with van der Waals surface area (Å²) in [5.41, 5.74) is -1.10. The number of aliphatic hydroxyl groups is 2. The number of likely N-dealkylation sites (tertiary alicyclic amines) is 2. The van der Waals surface area contributed by atoms with Crippen LogP contribution in [0.3, 0.4) is 0 Å². The maximum Gasteiger partial charge on any atom is 0.416 e. The molecule has 2 aromatic rings. The van der Waals surface area contributed by atoms with Crippen LogP contribution in [-0.4, -0.2) is 93.3 Å². The molecule has 6 rings (SSSR count). The summed E-state index contributed by atoms with van der Waals surface area (Å²) < 4.78 is 39.1. The molecule has 1 aromatic heterocycles. The summed E-state index contributed by atoms with van der Waals surface area (Å²) in [5.74, 6) is -0.943. The maximum atomic E-state index is 13.1. The highest BCUT2D eigenvalue weighted by atomic mass is 19.4. The first-order valence-electron chi connectivity index (χ1n) is 15.5. The molecule has 12 heteroatoms. The van der Waals surface area contributed by atoms with E-state index in [2.05, 4.69) is 20.1 Å². The lowest BCUT2D eigenvalue weighted by Crippen LogP contribution is -2.47. The van der Waals surface area contributed by atoms with Gasteiger partial charge in [0.1, 0.15) is 5.60 Å². The van der Waals surface area contributed by atoms with Crippen LogP contribution in [0, 0.1) is 0 Å². The molecule has 0 spiro atoms. The van der Waals surface area contributed by atoms with Crippen molar-refractivity contribution in [3.05, 3.63) is 59.4 Å². The number of fused-ring (bicyclic) bond motifs is 1. The summed E-state index contributed by atoms with van der Waals surface area (Å²) >= 11 is 0. The minimum Gasteiger partial charge on any atom is -0.388 e. The topological polar surface area (TPSA) is 109 Å². The number of hydrogen-bond acceptors (Lipinski definition) is 7. The van der Waals surface area contributed by atoms with E-state index in [0.29, 0.717) is 44.1 Å². The second kappa shape index (κ2) is 11.6. The van der Waals surface area contributed by atoms with Gasteiger partial charge in [-0.1, -0.05) is 6.07 Å². The Labute approximate surface area is 255 Å². The first-order valence-corrected chi connectivity index (χ1v) is 15.5. The number of anilines is 1. The number of hydrogen-bond donors (Lipinski definition) is 3. The van der Waals surface area contributed by atoms with E-state index in [4.69, 9.17) is 0 Å². The molecule has 1 saturated carbocycles. The number of β-amino-alcohol motifs (C(OH)–C–C–N with tert-alkyl or cyclic N) is 1. The molecule has 4 heterocycles. The molecular formula is C32H40F3N5O4. The molecular weight excluding hydrogens is 575 g/mol. The van der Waals surface area contributed by atoms with Gasteiger partial charge in [0.05, 0.1) is 35.3 Å². The molecule has 0 bridgehead atoms. The Balaban J connectivity index is 1.00. The maximum absolute atomic E-state index is 13.1. The predicted molar refractivity (Wildman–Crippen MR) is 157 cm³/mol. The number of pyridine rings is 1. The minimum atomic E-state index is -4.55. The fraction of sp³-hybridized carbons (Fsp3) is 0.594. The first kappa shape index (κ1) is 30.8. The van der Waals surface area contributed by atoms with Gasteiger partial charge in [0.2, 0.25) is 5.91 Å². The Bertz CT molecular complexity index is 1380. The normalized spacial score (nSPS) is 30.9. The SMILES string of the molecule is C[C@]1(O)CCN(c2ccc(C3(O)CCC(N4CC[C@H]5[C@@H]4CCN5C(=O)CNC(=O)c4cccc(C(F)(F)F)c4)CC3)nc2)C1. The van der Waals surface area contributed by atoms with Gasteiger partial charge in [-0.3, -0.25) is 19.5 Å². The zero-order valence-electron chi connectivity index (χ0n) is 24.9. The molecule has 9 nitrogen and oxygen atoms in total. The Morgan fingerprint density at radius 1 is 1.00 bits per heavy atom. The zero-order valence-corrected chi connectivity index (χ0v) is 24.9. The quantitative estimate of drug-likeness (QED) is 0.458. The van der Waals surface area contributed by atoms with Crippen LogP contribution in [0.2, 0.25) is 0 Å². The van der Waals surface area contributed by atoms with Gasteiger partial charge in [-0.2, -0.15) is 13.2 Å². The standard InChI is InChI=1S/C32H40F3N5O4/c1-30(43)13-16-38(20-30)24-5-6-27(36-18-24)31(44)11-7-23(8-12-31)39-14-9-26-25(39)10-15-40(26)28(41)19-37-29(42)21-3-2-4-22(17-21)32(33,34)35/h2-6,17-18,23,25-26,43-44H,7-16,19-20H2,1H3,(H,37,42)/t23?,25-,26-,30-,31?/m0/s1. The van der Waals surface area contributed by atoms with E-state index in [0.717, 1.165) is 56.6 Å². The lowest BCUT2D eigenvalue weighted by atomic mass is 9.79. The van der Waals surface area contributed by atoms with Gasteiger partial charge in [0.15, 0.2) is 0 Å². The van der Waals surface area contributed by atoms with E-state index in [-0.39, 0.29) is 30.1 Å². The predicted octanol–water partition coefficient (Wildman–Crippen LogP) is 3.30. The third-order valence-electron chi connectivity index (χ3n) is 10.1. The Morgan fingerprint density at radius 2 is 1.75 bits per heavy atom. The van der Waals surface area contributed by atoms with Crippen molar-refractivity contribution in [3.63, 3.8) is 0 Å². The highest BCUT2D eigenvalue weighted by Gasteiger charge is 2.48. The number of carbonyl (C=O) groups is 2. The van der Waals surface area contributed by atoms with Crippen LogP contribution in [0.4, 0.5) is 18.9 Å². The Hall–Kier alpha value is -3.22. The number of amides is 2. The van der Waals surface area contributed by atoms with Crippen LogP contribution in [-0.2, 0) is 16.6 Å². The van der Waals surface area contributed by atoms with Crippen molar-refractivity contribution in [2.45, 2.75) is 87.4 Å². The molecule has 3 aliphatic heterocycles. The van der Waals surface area contributed by atoms with Gasteiger partial charge in [0, 0.05) is 49.9 Å². The van der Waals surface area contributed by atoms with Crippen molar-refractivity contribution >= 4 is 17.5 Å². The molecule has 3 N–H and O–H groups in total. The van der Waals surface area contributed by atoms with Gasteiger partial charge >= 0.3 is 6.18 Å². The largest absolute Gasteiger partial charge is 0.416 e. The van der Waals surface area contributed by atoms with E-state index >= 15 is 0 Å². The molecule has 0 unspecified atom stereocenters. The van der Waals surface area contributed by atoms with Crippen molar-refractivity contribution in [1.29, 1.82) is 0 Å². The average molecular weight is 616 g/mol. The van der Waals surface area contributed by atoms with Gasteiger partial charge < -0.3 is 25.3 Å². The van der Waals surface area contributed by atoms with Crippen LogP contribution in [0.5, 0.6) is 0 Å². The van der Waals surface area contributed by atoms with Crippen molar-refractivity contribution < 1.29 is 33.0 Å². The molecule has 1 aliphatic carbocycles. The molecule has 2 amide bonds. The monoisotopic (exact) mass is 615 g/mol. The van der Waals surface area contributed by atoms with Crippen LogP contribution in [0.25, 0.3) is 0 Å². The summed E-state index contributed by atoms with van der Waals surface area (Å²) in [7, 11) is 0. The lowest BCUT2D eigenvalue weighted by molar-refractivity contribution is -0.137. The summed E-state index contributed by atoms with van der Waals surface area (Å²) in [6.07, 6.45) is 2.43. The molecule has 44 heavy (non-hydrogen) atoms.